The molecular weight excluding hydrogens is 235 g/mol. The number of nitrogens with one attached hydrogen (secondary N) is 1. The summed E-state index contributed by atoms with van der Waals surface area (Å²) >= 11 is 0. The molecule has 100 valence electrons. The van der Waals surface area contributed by atoms with Gasteiger partial charge in [0, 0.05) is 11.8 Å². The minimum Gasteiger partial charge on any atom is -0.494 e. The van der Waals surface area contributed by atoms with Crippen LogP contribution >= 0.6 is 0 Å². The highest BCUT2D eigenvalue weighted by Gasteiger charge is 2.15. The van der Waals surface area contributed by atoms with Crippen molar-refractivity contribution >= 4 is 11.6 Å². The highest BCUT2D eigenvalue weighted by Crippen LogP contribution is 2.20. The largest absolute Gasteiger partial charge is 0.494 e. The quantitative estimate of drug-likeness (QED) is 0.846. The maximum Gasteiger partial charge on any atom is 0.241 e. The second kappa shape index (κ2) is 6.35. The van der Waals surface area contributed by atoms with E-state index in [2.05, 4.69) is 5.32 Å². The van der Waals surface area contributed by atoms with Crippen LogP contribution in [0.25, 0.3) is 0 Å². The van der Waals surface area contributed by atoms with E-state index in [-0.39, 0.29) is 11.7 Å². The Kier molecular flexibility index (Phi) is 5.09. The van der Waals surface area contributed by atoms with E-state index in [0.717, 1.165) is 0 Å². The van der Waals surface area contributed by atoms with Gasteiger partial charge in [0.15, 0.2) is 11.6 Å². The summed E-state index contributed by atoms with van der Waals surface area (Å²) in [6, 6.07) is 3.65. The molecule has 0 radical (unpaired) electrons. The van der Waals surface area contributed by atoms with Gasteiger partial charge in [0.05, 0.1) is 13.2 Å². The van der Waals surface area contributed by atoms with Crippen molar-refractivity contribution in [1.82, 2.24) is 0 Å². The molecule has 1 rings (SSSR count). The molecule has 1 aromatic carbocycles. The maximum absolute atomic E-state index is 13.4. The Balaban J connectivity index is 2.67. The van der Waals surface area contributed by atoms with E-state index in [0.29, 0.717) is 18.0 Å². The Morgan fingerprint density at radius 2 is 2.17 bits per heavy atom. The molecule has 0 bridgehead atoms. The summed E-state index contributed by atoms with van der Waals surface area (Å²) in [7, 11) is 1.38. The van der Waals surface area contributed by atoms with Crippen molar-refractivity contribution in [2.45, 2.75) is 26.3 Å². The van der Waals surface area contributed by atoms with Gasteiger partial charge in [-0.2, -0.15) is 0 Å². The third-order valence-corrected chi connectivity index (χ3v) is 2.48. The lowest BCUT2D eigenvalue weighted by Gasteiger charge is -2.14. The standard InChI is InChI=1S/C13H19FN2O2/c1-8(2)6-11(15)13(17)16-9-4-5-12(18-3)10(14)7-9/h4-5,7-8,11H,6,15H2,1-3H3,(H,16,17). The molecule has 0 aliphatic heterocycles. The number of hydrogen-bond acceptors (Lipinski definition) is 3. The molecule has 1 amide bonds. The van der Waals surface area contributed by atoms with Crippen LogP contribution in [-0.4, -0.2) is 19.1 Å². The van der Waals surface area contributed by atoms with Gasteiger partial charge in [-0.3, -0.25) is 4.79 Å². The van der Waals surface area contributed by atoms with E-state index < -0.39 is 11.9 Å². The normalized spacial score (nSPS) is 12.3. The van der Waals surface area contributed by atoms with Crippen molar-refractivity contribution in [3.63, 3.8) is 0 Å². The molecule has 18 heavy (non-hydrogen) atoms. The number of amides is 1. The fourth-order valence-electron chi connectivity index (χ4n) is 1.59. The van der Waals surface area contributed by atoms with Gasteiger partial charge in [0.1, 0.15) is 0 Å². The highest BCUT2D eigenvalue weighted by molar-refractivity contribution is 5.94. The number of hydrogen-bond donors (Lipinski definition) is 2. The van der Waals surface area contributed by atoms with Gasteiger partial charge in [-0.15, -0.1) is 0 Å². The lowest BCUT2D eigenvalue weighted by molar-refractivity contribution is -0.117. The van der Waals surface area contributed by atoms with E-state index in [9.17, 15) is 9.18 Å². The SMILES string of the molecule is COc1ccc(NC(=O)C(N)CC(C)C)cc1F. The topological polar surface area (TPSA) is 64.3 Å². The molecule has 0 aromatic heterocycles. The minimum absolute atomic E-state index is 0.138. The maximum atomic E-state index is 13.4. The van der Waals surface area contributed by atoms with Crippen molar-refractivity contribution in [2.75, 3.05) is 12.4 Å². The number of benzene rings is 1. The number of carbonyl (C=O) groups excluding carboxylic acids is 1. The number of carbonyl (C=O) groups is 1. The van der Waals surface area contributed by atoms with Crippen molar-refractivity contribution < 1.29 is 13.9 Å². The Labute approximate surface area is 106 Å². The Hall–Kier alpha value is -1.62. The van der Waals surface area contributed by atoms with Crippen LogP contribution in [0.4, 0.5) is 10.1 Å². The van der Waals surface area contributed by atoms with E-state index in [4.69, 9.17) is 10.5 Å². The van der Waals surface area contributed by atoms with Gasteiger partial charge >= 0.3 is 0 Å². The van der Waals surface area contributed by atoms with Crippen LogP contribution in [0.15, 0.2) is 18.2 Å². The van der Waals surface area contributed by atoms with Crippen LogP contribution in [0.5, 0.6) is 5.75 Å². The van der Waals surface area contributed by atoms with Gasteiger partial charge in [-0.1, -0.05) is 13.8 Å². The molecule has 0 aliphatic rings. The average molecular weight is 254 g/mol. The summed E-state index contributed by atoms with van der Waals surface area (Å²) in [5.41, 5.74) is 6.10. The van der Waals surface area contributed by atoms with Gasteiger partial charge in [0.25, 0.3) is 0 Å². The second-order valence-electron chi connectivity index (χ2n) is 4.57. The van der Waals surface area contributed by atoms with Crippen LogP contribution in [0, 0.1) is 11.7 Å². The first-order valence-electron chi connectivity index (χ1n) is 5.84. The smallest absolute Gasteiger partial charge is 0.241 e. The first-order valence-corrected chi connectivity index (χ1v) is 5.84. The summed E-state index contributed by atoms with van der Waals surface area (Å²) in [5, 5.41) is 2.58. The first kappa shape index (κ1) is 14.4. The lowest BCUT2D eigenvalue weighted by atomic mass is 10.0. The Morgan fingerprint density at radius 3 is 2.67 bits per heavy atom. The number of nitrogens with two attached hydrogens (primary N) is 1. The number of ether oxygens (including phenoxy) is 1. The highest BCUT2D eigenvalue weighted by atomic mass is 19.1. The predicted molar refractivity (Wildman–Crippen MR) is 69.0 cm³/mol. The molecule has 0 aliphatic carbocycles. The molecule has 0 fully saturated rings. The molecule has 5 heteroatoms. The monoisotopic (exact) mass is 254 g/mol. The molecular formula is C13H19FN2O2. The fourth-order valence-corrected chi connectivity index (χ4v) is 1.59. The van der Waals surface area contributed by atoms with E-state index in [1.54, 1.807) is 6.07 Å². The van der Waals surface area contributed by atoms with Crippen molar-refractivity contribution in [1.29, 1.82) is 0 Å². The summed E-state index contributed by atoms with van der Waals surface area (Å²) in [6.07, 6.45) is 0.588. The van der Waals surface area contributed by atoms with Gasteiger partial charge in [-0.05, 0) is 24.5 Å². The molecule has 1 unspecified atom stereocenters. The zero-order valence-corrected chi connectivity index (χ0v) is 10.9. The predicted octanol–water partition coefficient (Wildman–Crippen LogP) is 2.15. The van der Waals surface area contributed by atoms with Crippen molar-refractivity contribution in [3.8, 4) is 5.75 Å². The van der Waals surface area contributed by atoms with E-state index >= 15 is 0 Å². The van der Waals surface area contributed by atoms with Crippen LogP contribution < -0.4 is 15.8 Å². The third kappa shape index (κ3) is 4.00. The minimum atomic E-state index is -0.588. The van der Waals surface area contributed by atoms with Crippen molar-refractivity contribution in [2.24, 2.45) is 11.7 Å². The molecule has 0 saturated carbocycles. The molecule has 0 heterocycles. The van der Waals surface area contributed by atoms with Crippen molar-refractivity contribution in [3.05, 3.63) is 24.0 Å². The first-order chi connectivity index (χ1) is 8.43. The number of anilines is 1. The number of methoxy groups -OCH3 is 1. The molecule has 1 atom stereocenters. The number of rotatable bonds is 5. The Morgan fingerprint density at radius 1 is 1.50 bits per heavy atom. The van der Waals surface area contributed by atoms with Gasteiger partial charge < -0.3 is 15.8 Å². The third-order valence-electron chi connectivity index (χ3n) is 2.48. The fraction of sp³-hybridized carbons (Fsp3) is 0.462. The van der Waals surface area contributed by atoms with Gasteiger partial charge in [-0.25, -0.2) is 4.39 Å². The van der Waals surface area contributed by atoms with Crippen LogP contribution in [0.3, 0.4) is 0 Å². The van der Waals surface area contributed by atoms with E-state index in [1.807, 2.05) is 13.8 Å². The Bertz CT molecular complexity index is 421. The summed E-state index contributed by atoms with van der Waals surface area (Å²) in [6.45, 7) is 3.97. The van der Waals surface area contributed by atoms with Crippen LogP contribution in [0.2, 0.25) is 0 Å². The molecule has 0 saturated heterocycles. The molecule has 4 nitrogen and oxygen atoms in total. The zero-order chi connectivity index (χ0) is 13.7. The lowest BCUT2D eigenvalue weighted by Crippen LogP contribution is -2.36. The van der Waals surface area contributed by atoms with Crippen LogP contribution in [-0.2, 0) is 4.79 Å². The molecule has 3 N–H and O–H groups in total. The average Bonchev–Trinajstić information content (AvgIpc) is 2.28. The van der Waals surface area contributed by atoms with Gasteiger partial charge in [0.2, 0.25) is 5.91 Å². The second-order valence-corrected chi connectivity index (χ2v) is 4.57. The summed E-state index contributed by atoms with van der Waals surface area (Å²) < 4.78 is 18.2. The molecule has 0 spiro atoms. The number of halogens is 1. The summed E-state index contributed by atoms with van der Waals surface area (Å²) in [4.78, 5) is 11.7. The van der Waals surface area contributed by atoms with E-state index in [1.165, 1.54) is 19.2 Å². The molecule has 1 aromatic rings. The van der Waals surface area contributed by atoms with Crippen LogP contribution in [0.1, 0.15) is 20.3 Å². The zero-order valence-electron chi connectivity index (χ0n) is 10.9. The summed E-state index contributed by atoms with van der Waals surface area (Å²) in [5.74, 6) is -0.362.